The minimum absolute atomic E-state index is 0.190. The number of rotatable bonds is 4. The molecule has 0 saturated carbocycles. The molecule has 1 heterocycles. The van der Waals surface area contributed by atoms with Gasteiger partial charge in [0.25, 0.3) is 5.91 Å². The van der Waals surface area contributed by atoms with E-state index in [4.69, 9.17) is 0 Å². The Morgan fingerprint density at radius 2 is 2.28 bits per heavy atom. The summed E-state index contributed by atoms with van der Waals surface area (Å²) in [7, 11) is 0. The van der Waals surface area contributed by atoms with Gasteiger partial charge in [0.1, 0.15) is 5.56 Å². The van der Waals surface area contributed by atoms with Crippen LogP contribution in [0, 0.1) is 6.92 Å². The number of amides is 1. The van der Waals surface area contributed by atoms with Crippen molar-refractivity contribution in [1.82, 2.24) is 10.3 Å². The quantitative estimate of drug-likeness (QED) is 0.797. The smallest absolute Gasteiger partial charge is 0.256 e. The topological polar surface area (TPSA) is 62.0 Å². The van der Waals surface area contributed by atoms with Crippen LogP contribution in [0.5, 0.6) is 0 Å². The molecule has 0 spiro atoms. The number of hydrogen-bond acceptors (Lipinski definition) is 2. The molecule has 4 nitrogen and oxygen atoms in total. The number of pyridine rings is 1. The van der Waals surface area contributed by atoms with Crippen molar-refractivity contribution in [3.63, 3.8) is 0 Å². The molecule has 18 heavy (non-hydrogen) atoms. The number of nitrogens with one attached hydrogen (secondary N) is 2. The number of carbonyl (C=O) groups is 1. The van der Waals surface area contributed by atoms with Crippen molar-refractivity contribution >= 4 is 5.91 Å². The normalized spacial score (nSPS) is 14.4. The third-order valence-corrected chi connectivity index (χ3v) is 3.24. The molecule has 0 saturated heterocycles. The Morgan fingerprint density at radius 3 is 3.00 bits per heavy atom. The summed E-state index contributed by atoms with van der Waals surface area (Å²) in [5, 5.41) is 2.79. The van der Waals surface area contributed by atoms with Crippen molar-refractivity contribution in [2.45, 2.75) is 32.6 Å². The SMILES string of the molecule is Cc1c[nH]cc(C(=O)NCCC2=CCCC2)c1=O. The Bertz CT molecular complexity index is 529. The summed E-state index contributed by atoms with van der Waals surface area (Å²) in [4.78, 5) is 26.4. The molecule has 0 unspecified atom stereocenters. The zero-order chi connectivity index (χ0) is 13.0. The van der Waals surface area contributed by atoms with Gasteiger partial charge in [0.15, 0.2) is 5.43 Å². The number of hydrogen-bond donors (Lipinski definition) is 2. The monoisotopic (exact) mass is 246 g/mol. The number of aromatic nitrogens is 1. The van der Waals surface area contributed by atoms with Crippen molar-refractivity contribution in [2.75, 3.05) is 6.54 Å². The first-order valence-electron chi connectivity index (χ1n) is 6.32. The van der Waals surface area contributed by atoms with Gasteiger partial charge in [0, 0.05) is 24.5 Å². The Labute approximate surface area is 106 Å². The van der Waals surface area contributed by atoms with E-state index < -0.39 is 0 Å². The van der Waals surface area contributed by atoms with Gasteiger partial charge in [-0.25, -0.2) is 0 Å². The van der Waals surface area contributed by atoms with E-state index in [1.807, 2.05) is 0 Å². The number of allylic oxidation sites excluding steroid dienone is 1. The first kappa shape index (κ1) is 12.6. The largest absolute Gasteiger partial charge is 0.366 e. The average molecular weight is 246 g/mol. The van der Waals surface area contributed by atoms with Gasteiger partial charge < -0.3 is 10.3 Å². The second-order valence-corrected chi connectivity index (χ2v) is 4.64. The summed E-state index contributed by atoms with van der Waals surface area (Å²) in [5.74, 6) is -0.293. The van der Waals surface area contributed by atoms with E-state index in [2.05, 4.69) is 16.4 Å². The Kier molecular flexibility index (Phi) is 3.97. The molecule has 96 valence electrons. The first-order valence-corrected chi connectivity index (χ1v) is 6.32. The maximum Gasteiger partial charge on any atom is 0.256 e. The summed E-state index contributed by atoms with van der Waals surface area (Å²) < 4.78 is 0. The van der Waals surface area contributed by atoms with Gasteiger partial charge in [-0.1, -0.05) is 11.6 Å². The number of H-pyrrole nitrogens is 1. The van der Waals surface area contributed by atoms with Gasteiger partial charge >= 0.3 is 0 Å². The highest BCUT2D eigenvalue weighted by Gasteiger charge is 2.11. The average Bonchev–Trinajstić information content (AvgIpc) is 2.85. The van der Waals surface area contributed by atoms with Gasteiger partial charge in [-0.05, 0) is 32.6 Å². The summed E-state index contributed by atoms with van der Waals surface area (Å²) in [6.45, 7) is 2.29. The lowest BCUT2D eigenvalue weighted by Crippen LogP contribution is -2.30. The standard InChI is InChI=1S/C14H18N2O2/c1-10-8-15-9-12(13(10)17)14(18)16-7-6-11-4-2-3-5-11/h4,8-9H,2-3,5-7H2,1H3,(H,15,17)(H,16,18). The van der Waals surface area contributed by atoms with Gasteiger partial charge in [-0.15, -0.1) is 0 Å². The second-order valence-electron chi connectivity index (χ2n) is 4.64. The highest BCUT2D eigenvalue weighted by Crippen LogP contribution is 2.19. The van der Waals surface area contributed by atoms with Crippen molar-refractivity contribution in [3.05, 3.63) is 45.4 Å². The molecule has 1 amide bonds. The summed E-state index contributed by atoms with van der Waals surface area (Å²) in [6.07, 6.45) is 9.70. The molecule has 2 rings (SSSR count). The van der Waals surface area contributed by atoms with Crippen LogP contribution in [-0.2, 0) is 0 Å². The molecule has 1 aliphatic carbocycles. The van der Waals surface area contributed by atoms with E-state index in [1.54, 1.807) is 13.1 Å². The fourth-order valence-electron chi connectivity index (χ4n) is 2.16. The first-order chi connectivity index (χ1) is 8.68. The lowest BCUT2D eigenvalue weighted by atomic mass is 10.1. The highest BCUT2D eigenvalue weighted by atomic mass is 16.2. The molecule has 1 aliphatic rings. The van der Waals surface area contributed by atoms with E-state index in [1.165, 1.54) is 18.2 Å². The van der Waals surface area contributed by atoms with Crippen LogP contribution >= 0.6 is 0 Å². The van der Waals surface area contributed by atoms with Crippen LogP contribution in [0.1, 0.15) is 41.6 Å². The Hall–Kier alpha value is -1.84. The van der Waals surface area contributed by atoms with Gasteiger partial charge in [-0.2, -0.15) is 0 Å². The highest BCUT2D eigenvalue weighted by molar-refractivity contribution is 5.93. The molecule has 1 aromatic heterocycles. The van der Waals surface area contributed by atoms with Gasteiger partial charge in [0.2, 0.25) is 0 Å². The predicted octanol–water partition coefficient (Wildman–Crippen LogP) is 1.91. The molecule has 2 N–H and O–H groups in total. The van der Waals surface area contributed by atoms with Crippen molar-refractivity contribution in [3.8, 4) is 0 Å². The van der Waals surface area contributed by atoms with Gasteiger partial charge in [-0.3, -0.25) is 9.59 Å². The maximum atomic E-state index is 11.8. The van der Waals surface area contributed by atoms with Crippen LogP contribution < -0.4 is 10.7 Å². The van der Waals surface area contributed by atoms with Crippen LogP contribution in [0.3, 0.4) is 0 Å². The molecular formula is C14H18N2O2. The van der Waals surface area contributed by atoms with E-state index in [-0.39, 0.29) is 16.9 Å². The lowest BCUT2D eigenvalue weighted by molar-refractivity contribution is 0.0952. The fraction of sp³-hybridized carbons (Fsp3) is 0.429. The summed E-state index contributed by atoms with van der Waals surface area (Å²) in [5.41, 5.74) is 1.95. The number of aryl methyl sites for hydroxylation is 1. The molecule has 0 atom stereocenters. The Morgan fingerprint density at radius 1 is 1.44 bits per heavy atom. The molecule has 0 aromatic carbocycles. The summed E-state index contributed by atoms with van der Waals surface area (Å²) in [6, 6.07) is 0. The zero-order valence-electron chi connectivity index (χ0n) is 10.6. The summed E-state index contributed by atoms with van der Waals surface area (Å²) >= 11 is 0. The molecule has 0 fully saturated rings. The van der Waals surface area contributed by atoms with E-state index in [0.717, 1.165) is 19.3 Å². The maximum absolute atomic E-state index is 11.8. The molecule has 1 aromatic rings. The number of carbonyl (C=O) groups excluding carboxylic acids is 1. The Balaban J connectivity index is 1.91. The lowest BCUT2D eigenvalue weighted by Gasteiger charge is -2.05. The van der Waals surface area contributed by atoms with Crippen LogP contribution in [0.15, 0.2) is 28.8 Å². The molecular weight excluding hydrogens is 228 g/mol. The molecule has 0 radical (unpaired) electrons. The molecule has 4 heteroatoms. The van der Waals surface area contributed by atoms with E-state index in [0.29, 0.717) is 12.1 Å². The second kappa shape index (κ2) is 5.67. The van der Waals surface area contributed by atoms with E-state index >= 15 is 0 Å². The van der Waals surface area contributed by atoms with Crippen molar-refractivity contribution in [1.29, 1.82) is 0 Å². The molecule has 0 aliphatic heterocycles. The third kappa shape index (κ3) is 2.88. The third-order valence-electron chi connectivity index (χ3n) is 3.24. The fourth-order valence-corrected chi connectivity index (χ4v) is 2.16. The minimum atomic E-state index is -0.293. The van der Waals surface area contributed by atoms with Crippen LogP contribution in [0.25, 0.3) is 0 Å². The van der Waals surface area contributed by atoms with Crippen LogP contribution in [0.2, 0.25) is 0 Å². The van der Waals surface area contributed by atoms with Crippen molar-refractivity contribution < 1.29 is 4.79 Å². The minimum Gasteiger partial charge on any atom is -0.366 e. The predicted molar refractivity (Wildman–Crippen MR) is 70.7 cm³/mol. The van der Waals surface area contributed by atoms with Crippen LogP contribution in [0.4, 0.5) is 0 Å². The van der Waals surface area contributed by atoms with Gasteiger partial charge in [0.05, 0.1) is 0 Å². The van der Waals surface area contributed by atoms with Crippen molar-refractivity contribution in [2.24, 2.45) is 0 Å². The van der Waals surface area contributed by atoms with Crippen LogP contribution in [-0.4, -0.2) is 17.4 Å². The zero-order valence-corrected chi connectivity index (χ0v) is 10.6. The number of aromatic amines is 1. The molecule has 0 bridgehead atoms. The van der Waals surface area contributed by atoms with E-state index in [9.17, 15) is 9.59 Å².